The van der Waals surface area contributed by atoms with Gasteiger partial charge in [-0.1, -0.05) is 0 Å². The maximum absolute atomic E-state index is 13.0. The van der Waals surface area contributed by atoms with Crippen molar-refractivity contribution in [3.63, 3.8) is 0 Å². The van der Waals surface area contributed by atoms with Crippen LogP contribution in [0.5, 0.6) is 0 Å². The number of nitrogens with one attached hydrogen (secondary N) is 1. The van der Waals surface area contributed by atoms with Crippen LogP contribution in [0.3, 0.4) is 0 Å². The molecule has 1 N–H and O–H groups in total. The highest BCUT2D eigenvalue weighted by Crippen LogP contribution is 2.27. The van der Waals surface area contributed by atoms with Crippen molar-refractivity contribution in [2.45, 2.75) is 38.1 Å². The van der Waals surface area contributed by atoms with Crippen LogP contribution in [0, 0.1) is 19.8 Å². The number of sulfonamides is 1. The molecule has 1 aliphatic heterocycles. The van der Waals surface area contributed by atoms with Gasteiger partial charge in [0.1, 0.15) is 4.90 Å². The fourth-order valence-electron chi connectivity index (χ4n) is 3.90. The number of aromatic nitrogens is 5. The van der Waals surface area contributed by atoms with E-state index in [1.54, 1.807) is 37.1 Å². The van der Waals surface area contributed by atoms with Gasteiger partial charge >= 0.3 is 0 Å². The molecule has 1 saturated heterocycles. The van der Waals surface area contributed by atoms with Crippen molar-refractivity contribution < 1.29 is 8.42 Å². The number of H-pyrrole nitrogens is 1. The molecule has 9 nitrogen and oxygen atoms in total. The van der Waals surface area contributed by atoms with Crippen LogP contribution < -0.4 is 5.56 Å². The molecule has 0 unspecified atom stereocenters. The van der Waals surface area contributed by atoms with Gasteiger partial charge in [0.05, 0.1) is 23.4 Å². The van der Waals surface area contributed by atoms with Crippen LogP contribution in [0.1, 0.15) is 24.2 Å². The summed E-state index contributed by atoms with van der Waals surface area (Å²) < 4.78 is 29.1. The van der Waals surface area contributed by atoms with E-state index in [1.807, 2.05) is 12.1 Å². The van der Waals surface area contributed by atoms with E-state index in [1.165, 1.54) is 10.4 Å². The molecule has 4 rings (SSSR count). The summed E-state index contributed by atoms with van der Waals surface area (Å²) in [6.07, 6.45) is 6.27. The van der Waals surface area contributed by atoms with E-state index in [9.17, 15) is 13.2 Å². The van der Waals surface area contributed by atoms with E-state index < -0.39 is 10.0 Å². The van der Waals surface area contributed by atoms with Gasteiger partial charge in [-0.25, -0.2) is 13.4 Å². The smallest absolute Gasteiger partial charge is 0.253 e. The molecule has 1 aliphatic rings. The molecule has 0 aromatic carbocycles. The third-order valence-electron chi connectivity index (χ3n) is 5.54. The van der Waals surface area contributed by atoms with Crippen molar-refractivity contribution in [2.75, 3.05) is 13.1 Å². The molecular formula is C20H24N6O3S. The average Bonchev–Trinajstić information content (AvgIpc) is 3.09. The largest absolute Gasteiger partial charge is 0.299 e. The topological polar surface area (TPSA) is 114 Å². The average molecular weight is 429 g/mol. The molecule has 0 saturated carbocycles. The molecule has 3 aromatic rings. The number of aryl methyl sites for hydroxylation is 2. The van der Waals surface area contributed by atoms with E-state index >= 15 is 0 Å². The summed E-state index contributed by atoms with van der Waals surface area (Å²) in [5, 5.41) is 6.75. The molecule has 0 aliphatic carbocycles. The van der Waals surface area contributed by atoms with Crippen molar-refractivity contribution >= 4 is 10.0 Å². The number of pyridine rings is 1. The Kier molecular flexibility index (Phi) is 5.52. The van der Waals surface area contributed by atoms with Gasteiger partial charge in [0.2, 0.25) is 10.0 Å². The summed E-state index contributed by atoms with van der Waals surface area (Å²) >= 11 is 0. The third kappa shape index (κ3) is 3.92. The summed E-state index contributed by atoms with van der Waals surface area (Å²) in [4.78, 5) is 21.2. The second-order valence-corrected chi connectivity index (χ2v) is 9.49. The quantitative estimate of drug-likeness (QED) is 0.662. The van der Waals surface area contributed by atoms with Gasteiger partial charge in [-0.15, -0.1) is 0 Å². The van der Waals surface area contributed by atoms with E-state index in [2.05, 4.69) is 20.2 Å². The molecule has 1 fully saturated rings. The van der Waals surface area contributed by atoms with Gasteiger partial charge in [-0.3, -0.25) is 19.4 Å². The molecule has 0 spiro atoms. The highest BCUT2D eigenvalue weighted by molar-refractivity contribution is 7.89. The Balaban J connectivity index is 1.42. The van der Waals surface area contributed by atoms with Crippen molar-refractivity contribution in [3.05, 3.63) is 58.7 Å². The Morgan fingerprint density at radius 1 is 1.17 bits per heavy atom. The summed E-state index contributed by atoms with van der Waals surface area (Å²) in [5.41, 5.74) is 2.39. The molecule has 0 amide bonds. The molecular weight excluding hydrogens is 404 g/mol. The number of nitrogens with zero attached hydrogens (tertiary/aromatic N) is 5. The van der Waals surface area contributed by atoms with Gasteiger partial charge in [0, 0.05) is 43.7 Å². The van der Waals surface area contributed by atoms with Crippen LogP contribution in [-0.4, -0.2) is 50.5 Å². The molecule has 0 atom stereocenters. The number of piperidine rings is 1. The molecule has 30 heavy (non-hydrogen) atoms. The zero-order valence-corrected chi connectivity index (χ0v) is 17.8. The summed E-state index contributed by atoms with van der Waals surface area (Å²) in [7, 11) is -3.57. The van der Waals surface area contributed by atoms with E-state index in [0.29, 0.717) is 49.6 Å². The number of rotatable bonds is 5. The maximum atomic E-state index is 13.0. The van der Waals surface area contributed by atoms with Crippen LogP contribution in [0.2, 0.25) is 0 Å². The lowest BCUT2D eigenvalue weighted by molar-refractivity contribution is 0.250. The first kappa shape index (κ1) is 20.4. The Morgan fingerprint density at radius 3 is 2.47 bits per heavy atom. The number of aromatic amines is 1. The van der Waals surface area contributed by atoms with Crippen LogP contribution in [-0.2, 0) is 16.6 Å². The van der Waals surface area contributed by atoms with Gasteiger partial charge in [0.25, 0.3) is 5.56 Å². The summed E-state index contributed by atoms with van der Waals surface area (Å²) in [6, 6.07) is 5.15. The van der Waals surface area contributed by atoms with Crippen LogP contribution in [0.15, 0.2) is 46.6 Å². The lowest BCUT2D eigenvalue weighted by atomic mass is 9.98. The van der Waals surface area contributed by atoms with E-state index in [0.717, 1.165) is 5.56 Å². The highest BCUT2D eigenvalue weighted by atomic mass is 32.2. The summed E-state index contributed by atoms with van der Waals surface area (Å²) in [5.74, 6) is 0.217. The van der Waals surface area contributed by atoms with Crippen LogP contribution >= 0.6 is 0 Å². The first-order valence-corrected chi connectivity index (χ1v) is 11.3. The van der Waals surface area contributed by atoms with Gasteiger partial charge < -0.3 is 0 Å². The monoisotopic (exact) mass is 428 g/mol. The predicted octanol–water partition coefficient (Wildman–Crippen LogP) is 1.75. The highest BCUT2D eigenvalue weighted by Gasteiger charge is 2.32. The predicted molar refractivity (Wildman–Crippen MR) is 111 cm³/mol. The standard InChI is InChI=1S/C20H24N6O3S/c1-14-20(15(2)24-23-14)30(28,29)26-9-5-16(6-10-26)12-25-13-22-18(11-19(25)27)17-3-7-21-8-4-17/h3-4,7-8,11,13,16H,5-6,9-10,12H2,1-2H3,(H,23,24). The minimum Gasteiger partial charge on any atom is -0.299 e. The zero-order valence-electron chi connectivity index (χ0n) is 16.9. The van der Waals surface area contributed by atoms with Crippen LogP contribution in [0.4, 0.5) is 0 Å². The Labute approximate surface area is 174 Å². The first-order chi connectivity index (χ1) is 14.4. The lowest BCUT2D eigenvalue weighted by Gasteiger charge is -2.31. The molecule has 10 heteroatoms. The van der Waals surface area contributed by atoms with Crippen molar-refractivity contribution in [1.82, 2.24) is 29.0 Å². The molecule has 4 heterocycles. The van der Waals surface area contributed by atoms with Crippen molar-refractivity contribution in [1.29, 1.82) is 0 Å². The molecule has 3 aromatic heterocycles. The second kappa shape index (κ2) is 8.11. The number of hydrogen-bond acceptors (Lipinski definition) is 6. The fraction of sp³-hybridized carbons (Fsp3) is 0.400. The second-order valence-electron chi connectivity index (χ2n) is 7.61. The van der Waals surface area contributed by atoms with Crippen molar-refractivity contribution in [2.24, 2.45) is 5.92 Å². The number of hydrogen-bond donors (Lipinski definition) is 1. The van der Waals surface area contributed by atoms with Crippen molar-refractivity contribution in [3.8, 4) is 11.3 Å². The minimum atomic E-state index is -3.57. The molecule has 0 bridgehead atoms. The zero-order chi connectivity index (χ0) is 21.3. The normalized spacial score (nSPS) is 16.1. The SMILES string of the molecule is Cc1n[nH]c(C)c1S(=O)(=O)N1CCC(Cn2cnc(-c3ccncc3)cc2=O)CC1. The van der Waals surface area contributed by atoms with E-state index in [-0.39, 0.29) is 16.4 Å². The fourth-order valence-corrected chi connectivity index (χ4v) is 5.71. The van der Waals surface area contributed by atoms with Gasteiger partial charge in [-0.2, -0.15) is 9.40 Å². The Morgan fingerprint density at radius 2 is 1.87 bits per heavy atom. The first-order valence-electron chi connectivity index (χ1n) is 9.85. The maximum Gasteiger partial charge on any atom is 0.253 e. The molecule has 158 valence electrons. The lowest BCUT2D eigenvalue weighted by Crippen LogP contribution is -2.40. The van der Waals surface area contributed by atoms with E-state index in [4.69, 9.17) is 0 Å². The Bertz CT molecular complexity index is 1180. The van der Waals surface area contributed by atoms with Gasteiger partial charge in [-0.05, 0) is 44.7 Å². The third-order valence-corrected chi connectivity index (χ3v) is 7.70. The summed E-state index contributed by atoms with van der Waals surface area (Å²) in [6.45, 7) is 4.79. The molecule has 0 radical (unpaired) electrons. The Hall–Kier alpha value is -2.85. The minimum absolute atomic E-state index is 0.114. The van der Waals surface area contributed by atoms with Gasteiger partial charge in [0.15, 0.2) is 0 Å². The van der Waals surface area contributed by atoms with Crippen LogP contribution in [0.25, 0.3) is 11.3 Å².